The van der Waals surface area contributed by atoms with Crippen molar-refractivity contribution in [2.75, 3.05) is 26.4 Å². The minimum Gasteiger partial charge on any atom is -0.394 e. The lowest BCUT2D eigenvalue weighted by Gasteiger charge is -2.62. The van der Waals surface area contributed by atoms with Crippen molar-refractivity contribution >= 4 is 0 Å². The second-order valence-electron chi connectivity index (χ2n) is 21.2. The van der Waals surface area contributed by atoms with Crippen LogP contribution < -0.4 is 0 Å². The zero-order valence-corrected chi connectivity index (χ0v) is 37.4. The summed E-state index contributed by atoms with van der Waals surface area (Å²) in [7, 11) is 0. The van der Waals surface area contributed by atoms with Crippen molar-refractivity contribution in [3.63, 3.8) is 0 Å². The Labute approximate surface area is 378 Å². The van der Waals surface area contributed by atoms with Gasteiger partial charge in [-0.25, -0.2) is 0 Å². The van der Waals surface area contributed by atoms with E-state index in [0.29, 0.717) is 42.6 Å². The van der Waals surface area contributed by atoms with Crippen LogP contribution in [-0.4, -0.2) is 209 Å². The fraction of sp³-hybridized carbons (Fsp3) is 0.956. The number of hydrogen-bond donors (Lipinski definition) is 13. The number of hydrogen-bond acceptors (Lipinski definition) is 20. The minimum atomic E-state index is -1.81. The number of aliphatic hydroxyl groups excluding tert-OH is 12. The van der Waals surface area contributed by atoms with Crippen molar-refractivity contribution < 1.29 is 99.5 Å². The first kappa shape index (κ1) is 50.3. The highest BCUT2D eigenvalue weighted by Gasteiger charge is 2.69. The lowest BCUT2D eigenvalue weighted by atomic mass is 9.44. The van der Waals surface area contributed by atoms with Crippen LogP contribution in [0.4, 0.5) is 0 Å². The van der Waals surface area contributed by atoms with E-state index in [2.05, 4.69) is 27.4 Å². The number of aliphatic hydroxyl groups is 13. The first-order chi connectivity index (χ1) is 30.7. The van der Waals surface area contributed by atoms with E-state index in [4.69, 9.17) is 33.2 Å². The highest BCUT2D eigenvalue weighted by molar-refractivity contribution is 5.16. The summed E-state index contributed by atoms with van der Waals surface area (Å²) in [6.07, 6.45) is -18.7. The van der Waals surface area contributed by atoms with Crippen LogP contribution in [0.15, 0.2) is 12.2 Å². The monoisotopic (exact) mass is 934 g/mol. The Hall–Kier alpha value is -1.06. The molecule has 374 valence electrons. The molecule has 0 radical (unpaired) electrons. The van der Waals surface area contributed by atoms with Gasteiger partial charge in [0.05, 0.1) is 44.7 Å². The van der Waals surface area contributed by atoms with Crippen molar-refractivity contribution in [2.45, 2.75) is 195 Å². The summed E-state index contributed by atoms with van der Waals surface area (Å²) in [6.45, 7) is 8.77. The van der Waals surface area contributed by atoms with Crippen molar-refractivity contribution in [3.05, 3.63) is 12.2 Å². The van der Waals surface area contributed by atoms with E-state index < -0.39 is 130 Å². The van der Waals surface area contributed by atoms with Crippen LogP contribution in [0.1, 0.15) is 78.6 Å². The molecule has 4 aliphatic heterocycles. The van der Waals surface area contributed by atoms with Crippen LogP contribution in [0.3, 0.4) is 0 Å². The van der Waals surface area contributed by atoms with Crippen LogP contribution in [0.25, 0.3) is 0 Å². The Bertz CT molecular complexity index is 1640. The summed E-state index contributed by atoms with van der Waals surface area (Å²) in [4.78, 5) is 0. The Morgan fingerprint density at radius 3 is 1.88 bits per heavy atom. The van der Waals surface area contributed by atoms with Crippen LogP contribution in [0.5, 0.6) is 0 Å². The number of ether oxygens (including phenoxy) is 7. The molecular weight excluding hydrogens is 860 g/mol. The molecule has 4 heterocycles. The lowest BCUT2D eigenvalue weighted by molar-refractivity contribution is -0.376. The summed E-state index contributed by atoms with van der Waals surface area (Å²) in [5, 5.41) is 137. The predicted molar refractivity (Wildman–Crippen MR) is 220 cm³/mol. The molecule has 4 saturated heterocycles. The topological polar surface area (TPSA) is 328 Å². The molecule has 8 fully saturated rings. The Morgan fingerprint density at radius 1 is 0.662 bits per heavy atom. The smallest absolute Gasteiger partial charge is 0.187 e. The van der Waals surface area contributed by atoms with E-state index in [0.717, 1.165) is 32.1 Å². The Morgan fingerprint density at radius 2 is 1.25 bits per heavy atom. The van der Waals surface area contributed by atoms with Crippen molar-refractivity contribution in [2.24, 2.45) is 46.3 Å². The molecule has 0 aromatic carbocycles. The van der Waals surface area contributed by atoms with Crippen molar-refractivity contribution in [1.29, 1.82) is 0 Å². The second kappa shape index (κ2) is 19.3. The summed E-state index contributed by atoms with van der Waals surface area (Å²) in [5.41, 5.74) is 0.276. The SMILES string of the molecule is C=C(CC[C@@]1(O)O[C@H]2C[C@H]3[C@@H]4CC[C@@H]5C[C@@H](O[C@@H]6O[C@H](CO)[C@H](O)[C@H](O)[C@H]6O[C@@H]6O[C@H](CO)[C@@H](O)[C@H](O)[C@H]6O)[C@@H](O)C[C@]5(C)[C@H]4CC[C@]3(C)[C@H]2[C@@H]1C)CO[C@@H]1O[C@H](CO)[C@@H](O)[C@H](O)[C@H]1O. The molecule has 0 spiro atoms. The normalized spacial score (nSPS) is 55.5. The van der Waals surface area contributed by atoms with E-state index in [1.807, 2.05) is 0 Å². The summed E-state index contributed by atoms with van der Waals surface area (Å²) in [5.74, 6) is -0.300. The van der Waals surface area contributed by atoms with Gasteiger partial charge in [0.15, 0.2) is 24.7 Å². The van der Waals surface area contributed by atoms with Gasteiger partial charge in [-0.05, 0) is 91.8 Å². The van der Waals surface area contributed by atoms with E-state index in [1.54, 1.807) is 0 Å². The molecule has 4 saturated carbocycles. The standard InChI is InChI=1S/C45H74O20/c1-18(17-59-40-37(56)34(53)31(50)27(14-46)61-40)7-10-45(58)19(2)30-26(65-45)12-23-21-6-5-20-11-25(24(49)13-44(20,4)22(21)8-9-43(23,30)3)60-42-39(36(55)33(52)29(16-48)63-42)64-41-38(57)35(54)32(51)28(15-47)62-41/h19-42,46-58H,1,5-17H2,2-4H3/t19-,20+,21+,22-,23-,24-,25+,26-,27+,28+,29+,30-,31+,32+,33-,34-,35-,36-,37+,38+,39+,40+,41-,42+,43-,44-,45+/m0/s1. The molecule has 8 rings (SSSR count). The van der Waals surface area contributed by atoms with Gasteiger partial charge in [0.2, 0.25) is 0 Å². The third kappa shape index (κ3) is 8.80. The summed E-state index contributed by atoms with van der Waals surface area (Å²) in [6, 6.07) is 0. The van der Waals surface area contributed by atoms with Crippen LogP contribution >= 0.6 is 0 Å². The van der Waals surface area contributed by atoms with Gasteiger partial charge in [0, 0.05) is 12.3 Å². The summed E-state index contributed by atoms with van der Waals surface area (Å²) < 4.78 is 41.5. The van der Waals surface area contributed by atoms with Crippen molar-refractivity contribution in [3.8, 4) is 0 Å². The van der Waals surface area contributed by atoms with Gasteiger partial charge >= 0.3 is 0 Å². The molecule has 0 aromatic heterocycles. The van der Waals surface area contributed by atoms with Crippen LogP contribution in [-0.2, 0) is 33.2 Å². The maximum atomic E-state index is 12.0. The molecule has 0 unspecified atom stereocenters. The van der Waals surface area contributed by atoms with Crippen LogP contribution in [0.2, 0.25) is 0 Å². The minimum absolute atomic E-state index is 0.0452. The van der Waals surface area contributed by atoms with Gasteiger partial charge in [-0.1, -0.05) is 32.9 Å². The van der Waals surface area contributed by atoms with Crippen molar-refractivity contribution in [1.82, 2.24) is 0 Å². The Balaban J connectivity index is 0.886. The first-order valence-corrected chi connectivity index (χ1v) is 23.6. The molecule has 0 bridgehead atoms. The predicted octanol–water partition coefficient (Wildman–Crippen LogP) is -2.89. The molecule has 0 amide bonds. The largest absolute Gasteiger partial charge is 0.394 e. The van der Waals surface area contributed by atoms with Gasteiger partial charge in [-0.3, -0.25) is 0 Å². The molecule has 13 N–H and O–H groups in total. The fourth-order valence-electron chi connectivity index (χ4n) is 14.0. The zero-order valence-electron chi connectivity index (χ0n) is 37.4. The second-order valence-corrected chi connectivity index (χ2v) is 21.2. The molecular formula is C45H74O20. The first-order valence-electron chi connectivity index (χ1n) is 23.6. The highest BCUT2D eigenvalue weighted by Crippen LogP contribution is 2.71. The number of rotatable bonds is 13. The van der Waals surface area contributed by atoms with E-state index >= 15 is 0 Å². The fourth-order valence-corrected chi connectivity index (χ4v) is 14.0. The molecule has 65 heavy (non-hydrogen) atoms. The molecule has 4 aliphatic carbocycles. The average molecular weight is 935 g/mol. The molecule has 20 heteroatoms. The van der Waals surface area contributed by atoms with Gasteiger partial charge in [0.25, 0.3) is 0 Å². The summed E-state index contributed by atoms with van der Waals surface area (Å²) >= 11 is 0. The third-order valence-electron chi connectivity index (χ3n) is 17.8. The lowest BCUT2D eigenvalue weighted by Crippen LogP contribution is -2.65. The average Bonchev–Trinajstić information content (AvgIpc) is 3.72. The molecule has 27 atom stereocenters. The van der Waals surface area contributed by atoms with E-state index in [9.17, 15) is 66.4 Å². The molecule has 20 nitrogen and oxygen atoms in total. The van der Waals surface area contributed by atoms with Gasteiger partial charge in [-0.15, -0.1) is 0 Å². The maximum Gasteiger partial charge on any atom is 0.187 e. The Kier molecular flexibility index (Phi) is 14.9. The van der Waals surface area contributed by atoms with Gasteiger partial charge < -0.3 is 99.5 Å². The van der Waals surface area contributed by atoms with Gasteiger partial charge in [0.1, 0.15) is 73.2 Å². The van der Waals surface area contributed by atoms with Crippen LogP contribution in [0, 0.1) is 46.3 Å². The third-order valence-corrected chi connectivity index (χ3v) is 17.8. The van der Waals surface area contributed by atoms with E-state index in [1.165, 1.54) is 0 Å². The van der Waals surface area contributed by atoms with Gasteiger partial charge in [-0.2, -0.15) is 0 Å². The number of fused-ring (bicyclic) bond motifs is 7. The quantitative estimate of drug-likeness (QED) is 0.0651. The molecule has 8 aliphatic rings. The zero-order chi connectivity index (χ0) is 47.1. The maximum absolute atomic E-state index is 12.0. The van der Waals surface area contributed by atoms with E-state index in [-0.39, 0.29) is 47.7 Å². The highest BCUT2D eigenvalue weighted by atomic mass is 16.8. The molecule has 0 aromatic rings.